The quantitative estimate of drug-likeness (QED) is 0.751. The molecule has 2 rings (SSSR count). The molecular formula is C13H13N3O. The van der Waals surface area contributed by atoms with Crippen molar-refractivity contribution >= 4 is 6.21 Å². The third-order valence-electron chi connectivity index (χ3n) is 2.22. The van der Waals surface area contributed by atoms with Crippen LogP contribution in [-0.2, 0) is 6.54 Å². The molecule has 1 heterocycles. The molecule has 0 aliphatic heterocycles. The normalized spacial score (nSPS) is 10.6. The molecule has 0 spiro atoms. The van der Waals surface area contributed by atoms with Gasteiger partial charge >= 0.3 is 0 Å². The zero-order valence-electron chi connectivity index (χ0n) is 9.58. The largest absolute Gasteiger partial charge is 0.496 e. The van der Waals surface area contributed by atoms with Crippen LogP contribution in [0.5, 0.6) is 5.75 Å². The van der Waals surface area contributed by atoms with E-state index in [1.54, 1.807) is 31.8 Å². The van der Waals surface area contributed by atoms with Crippen LogP contribution in [0, 0.1) is 0 Å². The van der Waals surface area contributed by atoms with Crippen LogP contribution in [-0.4, -0.2) is 23.3 Å². The monoisotopic (exact) mass is 227 g/mol. The van der Waals surface area contributed by atoms with Crippen molar-refractivity contribution in [1.29, 1.82) is 0 Å². The summed E-state index contributed by atoms with van der Waals surface area (Å²) in [6, 6.07) is 9.52. The van der Waals surface area contributed by atoms with Crippen LogP contribution >= 0.6 is 0 Å². The van der Waals surface area contributed by atoms with Gasteiger partial charge in [0.05, 0.1) is 13.7 Å². The molecule has 0 radical (unpaired) electrons. The first-order valence-electron chi connectivity index (χ1n) is 5.29. The number of para-hydroxylation sites is 1. The Morgan fingerprint density at radius 2 is 1.94 bits per heavy atom. The zero-order valence-corrected chi connectivity index (χ0v) is 9.58. The molecule has 0 saturated carbocycles. The lowest BCUT2D eigenvalue weighted by molar-refractivity contribution is 0.414. The van der Waals surface area contributed by atoms with Gasteiger partial charge in [-0.2, -0.15) is 0 Å². The molecule has 4 heteroatoms. The lowest BCUT2D eigenvalue weighted by atomic mass is 10.2. The third kappa shape index (κ3) is 3.11. The SMILES string of the molecule is COc1ccccc1C=NCc1ncccn1. The molecule has 4 nitrogen and oxygen atoms in total. The Morgan fingerprint density at radius 3 is 2.71 bits per heavy atom. The number of benzene rings is 1. The second kappa shape index (κ2) is 5.75. The summed E-state index contributed by atoms with van der Waals surface area (Å²) in [5.74, 6) is 1.52. The van der Waals surface area contributed by atoms with E-state index in [1.807, 2.05) is 24.3 Å². The molecule has 0 unspecified atom stereocenters. The molecule has 0 amide bonds. The Balaban J connectivity index is 2.06. The van der Waals surface area contributed by atoms with Crippen LogP contribution in [0.3, 0.4) is 0 Å². The van der Waals surface area contributed by atoms with E-state index in [0.29, 0.717) is 12.4 Å². The number of hydrogen-bond donors (Lipinski definition) is 0. The van der Waals surface area contributed by atoms with Crippen molar-refractivity contribution in [2.45, 2.75) is 6.54 Å². The highest BCUT2D eigenvalue weighted by atomic mass is 16.5. The molecule has 0 bridgehead atoms. The zero-order chi connectivity index (χ0) is 11.9. The van der Waals surface area contributed by atoms with Crippen molar-refractivity contribution in [3.05, 3.63) is 54.1 Å². The fourth-order valence-corrected chi connectivity index (χ4v) is 1.41. The van der Waals surface area contributed by atoms with Gasteiger partial charge < -0.3 is 4.74 Å². The lowest BCUT2D eigenvalue weighted by Crippen LogP contribution is -1.93. The number of ether oxygens (including phenoxy) is 1. The van der Waals surface area contributed by atoms with E-state index in [-0.39, 0.29) is 0 Å². The van der Waals surface area contributed by atoms with Crippen molar-refractivity contribution < 1.29 is 4.74 Å². The smallest absolute Gasteiger partial charge is 0.149 e. The van der Waals surface area contributed by atoms with E-state index < -0.39 is 0 Å². The van der Waals surface area contributed by atoms with E-state index in [4.69, 9.17) is 4.74 Å². The minimum atomic E-state index is 0.471. The van der Waals surface area contributed by atoms with E-state index >= 15 is 0 Å². The van der Waals surface area contributed by atoms with Crippen molar-refractivity contribution in [1.82, 2.24) is 9.97 Å². The molecule has 0 N–H and O–H groups in total. The van der Waals surface area contributed by atoms with E-state index in [9.17, 15) is 0 Å². The molecule has 0 fully saturated rings. The Labute approximate surface area is 100 Å². The van der Waals surface area contributed by atoms with Gasteiger partial charge in [0.25, 0.3) is 0 Å². The van der Waals surface area contributed by atoms with Gasteiger partial charge in [-0.3, -0.25) is 4.99 Å². The number of aliphatic imine (C=N–C) groups is 1. The summed E-state index contributed by atoms with van der Waals surface area (Å²) in [4.78, 5) is 12.5. The summed E-state index contributed by atoms with van der Waals surface area (Å²) in [5, 5.41) is 0. The Morgan fingerprint density at radius 1 is 1.18 bits per heavy atom. The highest BCUT2D eigenvalue weighted by molar-refractivity contribution is 5.83. The molecule has 86 valence electrons. The van der Waals surface area contributed by atoms with Crippen LogP contribution in [0.4, 0.5) is 0 Å². The Kier molecular flexibility index (Phi) is 3.81. The number of hydrogen-bond acceptors (Lipinski definition) is 4. The fourth-order valence-electron chi connectivity index (χ4n) is 1.41. The first-order valence-corrected chi connectivity index (χ1v) is 5.29. The van der Waals surface area contributed by atoms with Crippen LogP contribution < -0.4 is 4.74 Å². The molecule has 0 aliphatic carbocycles. The third-order valence-corrected chi connectivity index (χ3v) is 2.22. The van der Waals surface area contributed by atoms with E-state index in [1.165, 1.54) is 0 Å². The summed E-state index contributed by atoms with van der Waals surface area (Å²) < 4.78 is 5.23. The number of aromatic nitrogens is 2. The van der Waals surface area contributed by atoms with Crippen LogP contribution in [0.25, 0.3) is 0 Å². The number of rotatable bonds is 4. The van der Waals surface area contributed by atoms with Crippen molar-refractivity contribution in [3.8, 4) is 5.75 Å². The van der Waals surface area contributed by atoms with Gasteiger partial charge in [0, 0.05) is 24.2 Å². The molecule has 0 saturated heterocycles. The van der Waals surface area contributed by atoms with Gasteiger partial charge in [-0.05, 0) is 18.2 Å². The average molecular weight is 227 g/mol. The number of nitrogens with zero attached hydrogens (tertiary/aromatic N) is 3. The molecule has 17 heavy (non-hydrogen) atoms. The van der Waals surface area contributed by atoms with Gasteiger partial charge in [-0.15, -0.1) is 0 Å². The van der Waals surface area contributed by atoms with Crippen molar-refractivity contribution in [2.75, 3.05) is 7.11 Å². The first-order chi connectivity index (χ1) is 8.40. The second-order valence-corrected chi connectivity index (χ2v) is 3.38. The maximum Gasteiger partial charge on any atom is 0.149 e. The van der Waals surface area contributed by atoms with Crippen LogP contribution in [0.2, 0.25) is 0 Å². The first kappa shape index (κ1) is 11.3. The highest BCUT2D eigenvalue weighted by Crippen LogP contribution is 2.14. The van der Waals surface area contributed by atoms with E-state index in [0.717, 1.165) is 11.3 Å². The predicted octanol–water partition coefficient (Wildman–Crippen LogP) is 2.10. The van der Waals surface area contributed by atoms with Crippen molar-refractivity contribution in [2.24, 2.45) is 4.99 Å². The molecular weight excluding hydrogens is 214 g/mol. The van der Waals surface area contributed by atoms with Gasteiger partial charge in [0.1, 0.15) is 11.6 Å². The molecule has 0 atom stereocenters. The average Bonchev–Trinajstić information content (AvgIpc) is 2.40. The maximum atomic E-state index is 5.23. The molecule has 0 aliphatic rings. The van der Waals surface area contributed by atoms with Gasteiger partial charge in [-0.25, -0.2) is 9.97 Å². The highest BCUT2D eigenvalue weighted by Gasteiger charge is 1.97. The van der Waals surface area contributed by atoms with Gasteiger partial charge in [0.2, 0.25) is 0 Å². The summed E-state index contributed by atoms with van der Waals surface area (Å²) >= 11 is 0. The maximum absolute atomic E-state index is 5.23. The fraction of sp³-hybridized carbons (Fsp3) is 0.154. The van der Waals surface area contributed by atoms with Crippen molar-refractivity contribution in [3.63, 3.8) is 0 Å². The summed E-state index contributed by atoms with van der Waals surface area (Å²) in [6.45, 7) is 0.471. The molecule has 1 aromatic carbocycles. The van der Waals surface area contributed by atoms with Gasteiger partial charge in [-0.1, -0.05) is 12.1 Å². The van der Waals surface area contributed by atoms with E-state index in [2.05, 4.69) is 15.0 Å². The summed E-state index contributed by atoms with van der Waals surface area (Å²) in [6.07, 6.45) is 5.19. The predicted molar refractivity (Wildman–Crippen MR) is 66.3 cm³/mol. The van der Waals surface area contributed by atoms with Crippen LogP contribution in [0.15, 0.2) is 47.7 Å². The minimum Gasteiger partial charge on any atom is -0.496 e. The topological polar surface area (TPSA) is 47.4 Å². The molecule has 1 aromatic heterocycles. The summed E-state index contributed by atoms with van der Waals surface area (Å²) in [5.41, 5.74) is 0.950. The van der Waals surface area contributed by atoms with Gasteiger partial charge in [0.15, 0.2) is 0 Å². The Bertz CT molecular complexity index is 497. The van der Waals surface area contributed by atoms with Crippen LogP contribution in [0.1, 0.15) is 11.4 Å². The second-order valence-electron chi connectivity index (χ2n) is 3.38. The lowest BCUT2D eigenvalue weighted by Gasteiger charge is -2.02. The molecule has 2 aromatic rings. The summed E-state index contributed by atoms with van der Waals surface area (Å²) in [7, 11) is 1.65. The number of methoxy groups -OCH3 is 1. The Hall–Kier alpha value is -2.23. The minimum absolute atomic E-state index is 0.471. The standard InChI is InChI=1S/C13H13N3O/c1-17-12-6-3-2-5-11(12)9-14-10-13-15-7-4-8-16-13/h2-9H,10H2,1H3.